The van der Waals surface area contributed by atoms with Gasteiger partial charge >= 0.3 is 5.97 Å². The lowest BCUT2D eigenvalue weighted by molar-refractivity contribution is 0.0475. The zero-order valence-corrected chi connectivity index (χ0v) is 13.3. The number of nitrogens with zero attached hydrogens (tertiary/aromatic N) is 2. The van der Waals surface area contributed by atoms with E-state index in [1.807, 2.05) is 6.07 Å². The molecule has 0 bridgehead atoms. The highest BCUT2D eigenvalue weighted by Crippen LogP contribution is 2.12. The molecule has 0 saturated heterocycles. The third-order valence-electron chi connectivity index (χ3n) is 3.37. The number of Topliss-reactive ketones (excluding diaryl/α,β-unsaturated/α-hetero) is 1. The maximum atomic E-state index is 12.0. The van der Waals surface area contributed by atoms with Crippen molar-refractivity contribution in [3.05, 3.63) is 83.1 Å². The molecule has 0 aliphatic heterocycles. The maximum Gasteiger partial charge on any atom is 0.338 e. The second-order valence-electron chi connectivity index (χ2n) is 5.00. The summed E-state index contributed by atoms with van der Waals surface area (Å²) in [7, 11) is 0. The fourth-order valence-corrected chi connectivity index (χ4v) is 2.23. The molecular formula is C18H13ClN2O3. The van der Waals surface area contributed by atoms with Crippen LogP contribution in [-0.4, -0.2) is 28.1 Å². The molecule has 120 valence electrons. The predicted octanol–water partition coefficient (Wildman–Crippen LogP) is 3.57. The van der Waals surface area contributed by atoms with Crippen molar-refractivity contribution >= 4 is 23.4 Å². The van der Waals surface area contributed by atoms with Crippen LogP contribution >= 0.6 is 11.6 Å². The summed E-state index contributed by atoms with van der Waals surface area (Å²) in [6.45, 7) is -0.318. The molecule has 0 atom stereocenters. The molecule has 1 heterocycles. The summed E-state index contributed by atoms with van der Waals surface area (Å²) >= 11 is 5.77. The molecule has 0 fully saturated rings. The topological polar surface area (TPSA) is 61.2 Å². The molecule has 0 amide bonds. The van der Waals surface area contributed by atoms with E-state index in [1.54, 1.807) is 65.6 Å². The number of hydrogen-bond donors (Lipinski definition) is 0. The second-order valence-corrected chi connectivity index (χ2v) is 5.44. The number of carbonyl (C=O) groups is 2. The highest BCUT2D eigenvalue weighted by Gasteiger charge is 2.12. The van der Waals surface area contributed by atoms with Gasteiger partial charge in [0.05, 0.1) is 11.3 Å². The number of aromatic nitrogens is 2. The molecule has 1 aromatic heterocycles. The van der Waals surface area contributed by atoms with Crippen LogP contribution in [0.25, 0.3) is 5.69 Å². The van der Waals surface area contributed by atoms with Crippen molar-refractivity contribution in [1.82, 2.24) is 9.78 Å². The average Bonchev–Trinajstić information content (AvgIpc) is 3.15. The Balaban J connectivity index is 1.60. The number of ketones is 1. The number of hydrogen-bond acceptors (Lipinski definition) is 4. The molecule has 0 spiro atoms. The first-order valence-electron chi connectivity index (χ1n) is 7.19. The lowest BCUT2D eigenvalue weighted by Gasteiger charge is -2.06. The quantitative estimate of drug-likeness (QED) is 0.526. The van der Waals surface area contributed by atoms with E-state index in [2.05, 4.69) is 5.10 Å². The Bertz CT molecular complexity index is 841. The minimum Gasteiger partial charge on any atom is -0.454 e. The lowest BCUT2D eigenvalue weighted by Crippen LogP contribution is -2.14. The summed E-state index contributed by atoms with van der Waals surface area (Å²) < 4.78 is 6.74. The van der Waals surface area contributed by atoms with E-state index in [9.17, 15) is 9.59 Å². The SMILES string of the molecule is O=C(COC(=O)c1ccc(-n2cccn2)cc1)c1ccc(Cl)cc1. The van der Waals surface area contributed by atoms with E-state index in [-0.39, 0.29) is 12.4 Å². The lowest BCUT2D eigenvalue weighted by atomic mass is 10.1. The van der Waals surface area contributed by atoms with Gasteiger partial charge in [0.1, 0.15) is 0 Å². The summed E-state index contributed by atoms with van der Waals surface area (Å²) in [5.74, 6) is -0.836. The number of esters is 1. The fourth-order valence-electron chi connectivity index (χ4n) is 2.11. The van der Waals surface area contributed by atoms with Gasteiger partial charge in [-0.05, 0) is 54.6 Å². The maximum absolute atomic E-state index is 12.0. The minimum atomic E-state index is -0.552. The van der Waals surface area contributed by atoms with Gasteiger partial charge in [-0.25, -0.2) is 9.48 Å². The highest BCUT2D eigenvalue weighted by atomic mass is 35.5. The second kappa shape index (κ2) is 7.10. The smallest absolute Gasteiger partial charge is 0.338 e. The molecule has 0 radical (unpaired) electrons. The molecule has 2 aromatic carbocycles. The van der Waals surface area contributed by atoms with Crippen molar-refractivity contribution in [1.29, 1.82) is 0 Å². The van der Waals surface area contributed by atoms with Crippen LogP contribution in [-0.2, 0) is 4.74 Å². The van der Waals surface area contributed by atoms with Crippen molar-refractivity contribution in [2.24, 2.45) is 0 Å². The van der Waals surface area contributed by atoms with Crippen LogP contribution in [0.15, 0.2) is 67.0 Å². The Hall–Kier alpha value is -2.92. The summed E-state index contributed by atoms with van der Waals surface area (Å²) in [5, 5.41) is 4.65. The fraction of sp³-hybridized carbons (Fsp3) is 0.0556. The van der Waals surface area contributed by atoms with Gasteiger partial charge in [0, 0.05) is 23.0 Å². The normalized spacial score (nSPS) is 10.4. The van der Waals surface area contributed by atoms with E-state index in [1.165, 1.54) is 0 Å². The number of benzene rings is 2. The van der Waals surface area contributed by atoms with Gasteiger partial charge in [0.2, 0.25) is 0 Å². The summed E-state index contributed by atoms with van der Waals surface area (Å²) in [5.41, 5.74) is 1.64. The van der Waals surface area contributed by atoms with Crippen molar-refractivity contribution in [3.63, 3.8) is 0 Å². The van der Waals surface area contributed by atoms with Gasteiger partial charge in [-0.15, -0.1) is 0 Å². The molecule has 24 heavy (non-hydrogen) atoms. The molecular weight excluding hydrogens is 328 g/mol. The molecule has 0 aliphatic carbocycles. The average molecular weight is 341 g/mol. The molecule has 5 nitrogen and oxygen atoms in total. The first-order chi connectivity index (χ1) is 11.6. The van der Waals surface area contributed by atoms with Crippen molar-refractivity contribution < 1.29 is 14.3 Å². The third kappa shape index (κ3) is 3.70. The number of ether oxygens (including phenoxy) is 1. The van der Waals surface area contributed by atoms with Crippen LogP contribution in [0.5, 0.6) is 0 Å². The standard InChI is InChI=1S/C18H13ClN2O3/c19-15-6-2-13(3-7-15)17(22)12-24-18(23)14-4-8-16(9-5-14)21-11-1-10-20-21/h1-11H,12H2. The van der Waals surface area contributed by atoms with Crippen LogP contribution in [0.2, 0.25) is 5.02 Å². The van der Waals surface area contributed by atoms with Gasteiger partial charge in [0.15, 0.2) is 12.4 Å². The molecule has 0 unspecified atom stereocenters. The monoisotopic (exact) mass is 340 g/mol. The van der Waals surface area contributed by atoms with Crippen molar-refractivity contribution in [3.8, 4) is 5.69 Å². The zero-order valence-electron chi connectivity index (χ0n) is 12.6. The van der Waals surface area contributed by atoms with Crippen LogP contribution in [0.1, 0.15) is 20.7 Å². The molecule has 0 aliphatic rings. The van der Waals surface area contributed by atoms with E-state index >= 15 is 0 Å². The zero-order chi connectivity index (χ0) is 16.9. The van der Waals surface area contributed by atoms with Crippen LogP contribution < -0.4 is 0 Å². The predicted molar refractivity (Wildman–Crippen MR) is 89.6 cm³/mol. The van der Waals surface area contributed by atoms with Gasteiger partial charge in [-0.1, -0.05) is 11.6 Å². The Labute approximate surface area is 143 Å². The van der Waals surface area contributed by atoms with Crippen LogP contribution in [0.3, 0.4) is 0 Å². The first-order valence-corrected chi connectivity index (χ1v) is 7.57. The molecule has 6 heteroatoms. The number of carbonyl (C=O) groups excluding carboxylic acids is 2. The van der Waals surface area contributed by atoms with E-state index in [4.69, 9.17) is 16.3 Å². The van der Waals surface area contributed by atoms with E-state index in [0.717, 1.165) is 5.69 Å². The Morgan fingerprint density at radius 1 is 1.00 bits per heavy atom. The Morgan fingerprint density at radius 2 is 1.67 bits per heavy atom. The van der Waals surface area contributed by atoms with Gasteiger partial charge in [-0.2, -0.15) is 5.10 Å². The third-order valence-corrected chi connectivity index (χ3v) is 3.62. The van der Waals surface area contributed by atoms with E-state index < -0.39 is 5.97 Å². The van der Waals surface area contributed by atoms with Gasteiger partial charge in [-0.3, -0.25) is 4.79 Å². The molecule has 0 N–H and O–H groups in total. The summed E-state index contributed by atoms with van der Waals surface area (Å²) in [6, 6.07) is 15.0. The summed E-state index contributed by atoms with van der Waals surface area (Å²) in [6.07, 6.45) is 3.47. The van der Waals surface area contributed by atoms with Crippen molar-refractivity contribution in [2.75, 3.05) is 6.61 Å². The number of halogens is 1. The molecule has 3 rings (SSSR count). The van der Waals surface area contributed by atoms with Gasteiger partial charge < -0.3 is 4.74 Å². The Morgan fingerprint density at radius 3 is 2.29 bits per heavy atom. The number of rotatable bonds is 5. The highest BCUT2D eigenvalue weighted by molar-refractivity contribution is 6.30. The molecule has 0 saturated carbocycles. The first kappa shape index (κ1) is 16.0. The minimum absolute atomic E-state index is 0.284. The molecule has 3 aromatic rings. The summed E-state index contributed by atoms with van der Waals surface area (Å²) in [4.78, 5) is 24.0. The van der Waals surface area contributed by atoms with E-state index in [0.29, 0.717) is 16.1 Å². The van der Waals surface area contributed by atoms with Crippen LogP contribution in [0, 0.1) is 0 Å². The van der Waals surface area contributed by atoms with Crippen LogP contribution in [0.4, 0.5) is 0 Å². The van der Waals surface area contributed by atoms with Crippen molar-refractivity contribution in [2.45, 2.75) is 0 Å². The van der Waals surface area contributed by atoms with Gasteiger partial charge in [0.25, 0.3) is 0 Å². The Kier molecular flexibility index (Phi) is 4.72. The largest absolute Gasteiger partial charge is 0.454 e.